The van der Waals surface area contributed by atoms with Crippen LogP contribution in [0.4, 0.5) is 0 Å². The van der Waals surface area contributed by atoms with Crippen molar-refractivity contribution in [2.24, 2.45) is 17.8 Å². The van der Waals surface area contributed by atoms with E-state index in [9.17, 15) is 10.1 Å². The Bertz CT molecular complexity index is 712. The van der Waals surface area contributed by atoms with E-state index in [1.807, 2.05) is 26.8 Å². The van der Waals surface area contributed by atoms with Gasteiger partial charge in [0.1, 0.15) is 11.1 Å². The van der Waals surface area contributed by atoms with Crippen molar-refractivity contribution in [1.82, 2.24) is 10.3 Å². The minimum absolute atomic E-state index is 0.0464. The van der Waals surface area contributed by atoms with Crippen LogP contribution in [0.1, 0.15) is 56.4 Å². The molecule has 0 saturated heterocycles. The lowest BCUT2D eigenvalue weighted by atomic mass is 9.84. The average Bonchev–Trinajstić information content (AvgIpc) is 3.17. The lowest BCUT2D eigenvalue weighted by Crippen LogP contribution is -2.43. The molecule has 0 radical (unpaired) electrons. The van der Waals surface area contributed by atoms with Gasteiger partial charge in [0.25, 0.3) is 0 Å². The molecule has 5 atom stereocenters. The second kappa shape index (κ2) is 7.37. The maximum Gasteiger partial charge on any atom is 0.233 e. The maximum absolute atomic E-state index is 12.6. The van der Waals surface area contributed by atoms with Crippen LogP contribution in [0.3, 0.4) is 0 Å². The van der Waals surface area contributed by atoms with E-state index >= 15 is 0 Å². The summed E-state index contributed by atoms with van der Waals surface area (Å²) in [6, 6.07) is 4.36. The van der Waals surface area contributed by atoms with Gasteiger partial charge in [-0.05, 0) is 76.3 Å². The van der Waals surface area contributed by atoms with Gasteiger partial charge in [-0.3, -0.25) is 4.79 Å². The first-order valence-corrected chi connectivity index (χ1v) is 10.1. The average molecular weight is 358 g/mol. The molecular weight excluding hydrogens is 330 g/mol. The van der Waals surface area contributed by atoms with Crippen LogP contribution in [0.2, 0.25) is 0 Å². The van der Waals surface area contributed by atoms with Gasteiger partial charge in [0.05, 0.1) is 10.8 Å². The summed E-state index contributed by atoms with van der Waals surface area (Å²) in [5.74, 6) is 2.37. The molecule has 5 heteroatoms. The topological polar surface area (TPSA) is 65.8 Å². The number of carbonyl (C=O) groups excluding carboxylic acids is 1. The second-order valence-corrected chi connectivity index (χ2v) is 9.10. The summed E-state index contributed by atoms with van der Waals surface area (Å²) in [5.41, 5.74) is 2.37. The molecule has 2 saturated carbocycles. The highest BCUT2D eigenvalue weighted by atomic mass is 32.2. The molecule has 25 heavy (non-hydrogen) atoms. The van der Waals surface area contributed by atoms with Crippen molar-refractivity contribution in [3.63, 3.8) is 0 Å². The number of nitrogens with one attached hydrogen (secondary N) is 1. The number of nitriles is 1. The van der Waals surface area contributed by atoms with Gasteiger partial charge in [0.2, 0.25) is 5.91 Å². The largest absolute Gasteiger partial charge is 0.352 e. The number of hydrogen-bond donors (Lipinski definition) is 1. The fourth-order valence-corrected chi connectivity index (χ4v) is 5.63. The number of amides is 1. The van der Waals surface area contributed by atoms with Crippen molar-refractivity contribution < 1.29 is 4.79 Å². The highest BCUT2D eigenvalue weighted by Gasteiger charge is 2.42. The molecule has 134 valence electrons. The van der Waals surface area contributed by atoms with E-state index in [2.05, 4.69) is 23.3 Å². The van der Waals surface area contributed by atoms with E-state index in [0.29, 0.717) is 16.5 Å². The molecule has 1 aromatic rings. The molecule has 2 aliphatic carbocycles. The number of nitrogens with zero attached hydrogens (tertiary/aromatic N) is 2. The molecule has 2 fully saturated rings. The van der Waals surface area contributed by atoms with Crippen molar-refractivity contribution in [2.45, 2.75) is 69.7 Å². The Morgan fingerprint density at radius 3 is 2.72 bits per heavy atom. The third kappa shape index (κ3) is 3.84. The van der Waals surface area contributed by atoms with Crippen LogP contribution in [-0.4, -0.2) is 22.2 Å². The first kappa shape index (κ1) is 18.3. The Balaban J connectivity index is 1.62. The fraction of sp³-hybridized carbons (Fsp3) is 0.650. The summed E-state index contributed by atoms with van der Waals surface area (Å²) < 4.78 is 0. The molecule has 2 bridgehead atoms. The van der Waals surface area contributed by atoms with Gasteiger partial charge in [-0.2, -0.15) is 5.26 Å². The predicted molar refractivity (Wildman–Crippen MR) is 100 cm³/mol. The van der Waals surface area contributed by atoms with Gasteiger partial charge >= 0.3 is 0 Å². The Hall–Kier alpha value is -1.54. The zero-order chi connectivity index (χ0) is 18.1. The molecule has 2 aliphatic rings. The number of carbonyl (C=O) groups is 1. The smallest absolute Gasteiger partial charge is 0.233 e. The summed E-state index contributed by atoms with van der Waals surface area (Å²) in [5, 5.41) is 13.0. The Labute approximate surface area is 154 Å². The number of pyridine rings is 1. The summed E-state index contributed by atoms with van der Waals surface area (Å²) in [4.78, 5) is 17.1. The zero-order valence-corrected chi connectivity index (χ0v) is 16.3. The molecule has 4 nitrogen and oxygen atoms in total. The van der Waals surface area contributed by atoms with Crippen LogP contribution >= 0.6 is 11.8 Å². The van der Waals surface area contributed by atoms with Crippen LogP contribution in [0.15, 0.2) is 11.1 Å². The minimum atomic E-state index is -0.262. The summed E-state index contributed by atoms with van der Waals surface area (Å²) in [6.45, 7) is 7.88. The Morgan fingerprint density at radius 1 is 1.36 bits per heavy atom. The number of hydrogen-bond acceptors (Lipinski definition) is 4. The highest BCUT2D eigenvalue weighted by molar-refractivity contribution is 8.00. The van der Waals surface area contributed by atoms with Crippen molar-refractivity contribution in [3.05, 3.63) is 22.9 Å². The molecule has 1 heterocycles. The van der Waals surface area contributed by atoms with Crippen molar-refractivity contribution in [2.75, 3.05) is 0 Å². The predicted octanol–water partition coefficient (Wildman–Crippen LogP) is 3.99. The normalized spacial score (nSPS) is 26.9. The van der Waals surface area contributed by atoms with Crippen LogP contribution in [0.5, 0.6) is 0 Å². The van der Waals surface area contributed by atoms with Gasteiger partial charge in [0, 0.05) is 11.7 Å². The summed E-state index contributed by atoms with van der Waals surface area (Å²) in [7, 11) is 0. The Morgan fingerprint density at radius 2 is 2.12 bits per heavy atom. The van der Waals surface area contributed by atoms with E-state index in [-0.39, 0.29) is 17.2 Å². The maximum atomic E-state index is 12.6. The third-order valence-corrected chi connectivity index (χ3v) is 6.97. The molecule has 0 aliphatic heterocycles. The summed E-state index contributed by atoms with van der Waals surface area (Å²) in [6.07, 6.45) is 5.33. The van der Waals surface area contributed by atoms with Crippen LogP contribution in [0.25, 0.3) is 0 Å². The van der Waals surface area contributed by atoms with Crippen molar-refractivity contribution in [1.29, 1.82) is 5.26 Å². The molecule has 0 spiro atoms. The lowest BCUT2D eigenvalue weighted by Gasteiger charge is -2.29. The van der Waals surface area contributed by atoms with E-state index in [4.69, 9.17) is 0 Å². The van der Waals surface area contributed by atoms with Crippen molar-refractivity contribution >= 4 is 17.7 Å². The van der Waals surface area contributed by atoms with E-state index in [1.165, 1.54) is 37.4 Å². The van der Waals surface area contributed by atoms with E-state index in [1.54, 1.807) is 0 Å². The number of aromatic nitrogens is 1. The number of aryl methyl sites for hydroxylation is 2. The van der Waals surface area contributed by atoms with Crippen LogP contribution < -0.4 is 5.32 Å². The standard InChI is InChI=1S/C20H27N3OS/c1-11-7-12(2)22-20(18(11)10-21)25-14(4)19(24)23-13(3)17-9-15-5-6-16(17)8-15/h7,13-17H,5-6,8-9H2,1-4H3,(H,23,24)/t13-,14-,15+,16+,17-/m1/s1. The first-order valence-electron chi connectivity index (χ1n) is 9.24. The van der Waals surface area contributed by atoms with Gasteiger partial charge in [-0.25, -0.2) is 4.98 Å². The third-order valence-electron chi connectivity index (χ3n) is 5.89. The second-order valence-electron chi connectivity index (χ2n) is 7.77. The molecule has 1 N–H and O–H groups in total. The van der Waals surface area contributed by atoms with E-state index in [0.717, 1.165) is 23.1 Å². The monoisotopic (exact) mass is 357 g/mol. The summed E-state index contributed by atoms with van der Waals surface area (Å²) >= 11 is 1.39. The SMILES string of the molecule is Cc1cc(C)c(C#N)c(S[C@H](C)C(=O)N[C@H](C)[C@H]2C[C@H]3CC[C@H]2C3)n1. The van der Waals surface area contributed by atoms with Gasteiger partial charge in [0.15, 0.2) is 0 Å². The van der Waals surface area contributed by atoms with Gasteiger partial charge in [-0.1, -0.05) is 18.2 Å². The van der Waals surface area contributed by atoms with Gasteiger partial charge < -0.3 is 5.32 Å². The molecular formula is C20H27N3OS. The number of fused-ring (bicyclic) bond motifs is 2. The minimum Gasteiger partial charge on any atom is -0.352 e. The molecule has 0 unspecified atom stereocenters. The number of thioether (sulfide) groups is 1. The van der Waals surface area contributed by atoms with Gasteiger partial charge in [-0.15, -0.1) is 0 Å². The van der Waals surface area contributed by atoms with E-state index < -0.39 is 0 Å². The quantitative estimate of drug-likeness (QED) is 0.809. The van der Waals surface area contributed by atoms with Crippen LogP contribution in [0, 0.1) is 42.9 Å². The Kier molecular flexibility index (Phi) is 5.38. The van der Waals surface area contributed by atoms with Crippen LogP contribution in [-0.2, 0) is 4.79 Å². The molecule has 1 aromatic heterocycles. The molecule has 0 aromatic carbocycles. The molecule has 3 rings (SSSR count). The first-order chi connectivity index (χ1) is 11.9. The lowest BCUT2D eigenvalue weighted by molar-refractivity contribution is -0.121. The zero-order valence-electron chi connectivity index (χ0n) is 15.5. The number of rotatable bonds is 5. The molecule has 1 amide bonds. The highest BCUT2D eigenvalue weighted by Crippen LogP contribution is 2.49. The van der Waals surface area contributed by atoms with Crippen molar-refractivity contribution in [3.8, 4) is 6.07 Å². The fourth-order valence-electron chi connectivity index (χ4n) is 4.60.